The molecule has 1 aliphatic heterocycles. The Labute approximate surface area is 134 Å². The lowest BCUT2D eigenvalue weighted by atomic mass is 9.91. The second-order valence-electron chi connectivity index (χ2n) is 5.88. The predicted octanol–water partition coefficient (Wildman–Crippen LogP) is 4.08. The fraction of sp³-hybridized carbons (Fsp3) is 0.800. The lowest BCUT2D eigenvalue weighted by Gasteiger charge is -2.30. The van der Waals surface area contributed by atoms with Gasteiger partial charge in [0, 0.05) is 33.6 Å². The fourth-order valence-corrected chi connectivity index (χ4v) is 7.41. The van der Waals surface area contributed by atoms with Crippen LogP contribution in [0.4, 0.5) is 0 Å². The van der Waals surface area contributed by atoms with Crippen molar-refractivity contribution in [2.24, 2.45) is 0 Å². The second kappa shape index (κ2) is 6.59. The average molecular weight is 329 g/mol. The van der Waals surface area contributed by atoms with Crippen LogP contribution in [0.25, 0.3) is 0 Å². The van der Waals surface area contributed by atoms with Crippen LogP contribution in [-0.2, 0) is 6.42 Å². The molecule has 4 unspecified atom stereocenters. The number of thioether (sulfide) groups is 2. The highest BCUT2D eigenvalue weighted by Gasteiger charge is 2.31. The van der Waals surface area contributed by atoms with Crippen molar-refractivity contribution in [1.82, 2.24) is 10.3 Å². The van der Waals surface area contributed by atoms with Gasteiger partial charge in [0.25, 0.3) is 0 Å². The highest BCUT2D eigenvalue weighted by molar-refractivity contribution is 8.07. The standard InChI is InChI=1S/C15H24N2S3/c1-9-10(2)19-13(8-18-9)15-17-14-11(7-16-3)5-4-6-12(14)20-15/h9-11,13,16H,4-8H2,1-3H3. The Morgan fingerprint density at radius 3 is 2.90 bits per heavy atom. The van der Waals surface area contributed by atoms with Crippen molar-refractivity contribution in [1.29, 1.82) is 0 Å². The van der Waals surface area contributed by atoms with Gasteiger partial charge in [0.1, 0.15) is 5.01 Å². The summed E-state index contributed by atoms with van der Waals surface area (Å²) in [6.07, 6.45) is 3.89. The van der Waals surface area contributed by atoms with Crippen molar-refractivity contribution in [3.8, 4) is 0 Å². The molecule has 1 aromatic heterocycles. The van der Waals surface area contributed by atoms with Gasteiger partial charge in [-0.05, 0) is 26.3 Å². The molecule has 1 fully saturated rings. The first-order valence-corrected chi connectivity index (χ1v) is 10.4. The summed E-state index contributed by atoms with van der Waals surface area (Å²) >= 11 is 6.26. The molecule has 1 saturated heterocycles. The number of aryl methyl sites for hydroxylation is 1. The minimum Gasteiger partial charge on any atom is -0.319 e. The molecule has 1 N–H and O–H groups in total. The molecule has 3 rings (SSSR count). The van der Waals surface area contributed by atoms with Crippen LogP contribution in [0.5, 0.6) is 0 Å². The Balaban J connectivity index is 1.78. The molecule has 2 nitrogen and oxygen atoms in total. The van der Waals surface area contributed by atoms with E-state index in [-0.39, 0.29) is 0 Å². The number of nitrogens with zero attached hydrogens (tertiary/aromatic N) is 1. The number of thiazole rings is 1. The number of nitrogens with one attached hydrogen (secondary N) is 1. The van der Waals surface area contributed by atoms with Gasteiger partial charge in [0.2, 0.25) is 0 Å². The van der Waals surface area contributed by atoms with E-state index in [0.717, 1.165) is 17.0 Å². The van der Waals surface area contributed by atoms with Crippen molar-refractivity contribution in [2.75, 3.05) is 19.3 Å². The minimum atomic E-state index is 0.622. The average Bonchev–Trinajstić information content (AvgIpc) is 2.87. The predicted molar refractivity (Wildman–Crippen MR) is 93.4 cm³/mol. The third-order valence-electron chi connectivity index (χ3n) is 4.36. The number of fused-ring (bicyclic) bond motifs is 1. The topological polar surface area (TPSA) is 24.9 Å². The molecule has 0 spiro atoms. The fourth-order valence-electron chi connectivity index (χ4n) is 3.02. The van der Waals surface area contributed by atoms with E-state index >= 15 is 0 Å². The molecule has 1 aliphatic carbocycles. The first-order valence-electron chi connectivity index (χ1n) is 7.60. The maximum absolute atomic E-state index is 5.08. The molecular weight excluding hydrogens is 304 g/mol. The molecule has 4 atom stereocenters. The molecule has 0 radical (unpaired) electrons. The molecule has 2 heterocycles. The van der Waals surface area contributed by atoms with Crippen molar-refractivity contribution in [2.45, 2.75) is 54.8 Å². The van der Waals surface area contributed by atoms with E-state index in [1.165, 1.54) is 35.7 Å². The molecule has 5 heteroatoms. The van der Waals surface area contributed by atoms with E-state index in [9.17, 15) is 0 Å². The Bertz CT molecular complexity index is 460. The monoisotopic (exact) mass is 328 g/mol. The zero-order valence-corrected chi connectivity index (χ0v) is 15.0. The molecule has 0 saturated carbocycles. The van der Waals surface area contributed by atoms with Crippen molar-refractivity contribution in [3.05, 3.63) is 15.6 Å². The van der Waals surface area contributed by atoms with Gasteiger partial charge in [-0.3, -0.25) is 0 Å². The maximum atomic E-state index is 5.08. The van der Waals surface area contributed by atoms with E-state index in [0.29, 0.717) is 11.2 Å². The quantitative estimate of drug-likeness (QED) is 0.904. The van der Waals surface area contributed by atoms with Gasteiger partial charge >= 0.3 is 0 Å². The van der Waals surface area contributed by atoms with Gasteiger partial charge in [-0.1, -0.05) is 13.8 Å². The van der Waals surface area contributed by atoms with Crippen LogP contribution in [0.1, 0.15) is 53.4 Å². The Hall–Kier alpha value is 0.290. The zero-order valence-electron chi connectivity index (χ0n) is 12.5. The number of likely N-dealkylation sites (N-methyl/N-ethyl adjacent to an activating group) is 1. The largest absolute Gasteiger partial charge is 0.319 e. The van der Waals surface area contributed by atoms with Crippen molar-refractivity contribution in [3.63, 3.8) is 0 Å². The van der Waals surface area contributed by atoms with Crippen LogP contribution in [-0.4, -0.2) is 34.8 Å². The molecule has 0 bridgehead atoms. The normalized spacial score (nSPS) is 34.0. The minimum absolute atomic E-state index is 0.622. The van der Waals surface area contributed by atoms with Crippen molar-refractivity contribution < 1.29 is 0 Å². The van der Waals surface area contributed by atoms with Gasteiger partial charge in [0.15, 0.2) is 0 Å². The Morgan fingerprint density at radius 1 is 1.30 bits per heavy atom. The van der Waals surface area contributed by atoms with Gasteiger partial charge in [-0.2, -0.15) is 11.8 Å². The Morgan fingerprint density at radius 2 is 2.15 bits per heavy atom. The summed E-state index contributed by atoms with van der Waals surface area (Å²) in [6, 6.07) is 0. The molecule has 112 valence electrons. The summed E-state index contributed by atoms with van der Waals surface area (Å²) in [5, 5.41) is 6.88. The lowest BCUT2D eigenvalue weighted by Crippen LogP contribution is -2.22. The van der Waals surface area contributed by atoms with Crippen LogP contribution in [0, 0.1) is 0 Å². The van der Waals surface area contributed by atoms with E-state index < -0.39 is 0 Å². The summed E-state index contributed by atoms with van der Waals surface area (Å²) in [5.41, 5.74) is 1.42. The molecule has 20 heavy (non-hydrogen) atoms. The summed E-state index contributed by atoms with van der Waals surface area (Å²) < 4.78 is 0. The number of hydrogen-bond donors (Lipinski definition) is 1. The number of aromatic nitrogens is 1. The molecule has 0 aromatic carbocycles. The van der Waals surface area contributed by atoms with Crippen LogP contribution in [0.3, 0.4) is 0 Å². The van der Waals surface area contributed by atoms with Gasteiger partial charge < -0.3 is 5.32 Å². The third-order valence-corrected chi connectivity index (χ3v) is 9.16. The van der Waals surface area contributed by atoms with Crippen LogP contribution >= 0.6 is 34.9 Å². The number of hydrogen-bond acceptors (Lipinski definition) is 5. The smallest absolute Gasteiger partial charge is 0.107 e. The summed E-state index contributed by atoms with van der Waals surface area (Å²) in [7, 11) is 2.05. The van der Waals surface area contributed by atoms with Gasteiger partial charge in [-0.15, -0.1) is 23.1 Å². The molecule has 0 amide bonds. The summed E-state index contributed by atoms with van der Waals surface area (Å²) in [4.78, 5) is 6.65. The molecular formula is C15H24N2S3. The van der Waals surface area contributed by atoms with Crippen LogP contribution < -0.4 is 5.32 Å². The summed E-state index contributed by atoms with van der Waals surface area (Å²) in [5.74, 6) is 1.88. The first-order chi connectivity index (χ1) is 9.69. The van der Waals surface area contributed by atoms with E-state index in [4.69, 9.17) is 4.98 Å². The van der Waals surface area contributed by atoms with Gasteiger partial charge in [0.05, 0.1) is 10.9 Å². The third kappa shape index (κ3) is 3.06. The lowest BCUT2D eigenvalue weighted by molar-refractivity contribution is 0.522. The first kappa shape index (κ1) is 15.2. The van der Waals surface area contributed by atoms with E-state index in [2.05, 4.69) is 49.7 Å². The molecule has 1 aromatic rings. The number of rotatable bonds is 3. The van der Waals surface area contributed by atoms with Crippen molar-refractivity contribution >= 4 is 34.9 Å². The Kier molecular flexibility index (Phi) is 5.01. The van der Waals surface area contributed by atoms with Gasteiger partial charge in [-0.25, -0.2) is 4.98 Å². The SMILES string of the molecule is CNCC1CCCc2sc(C3CSC(C)C(C)S3)nc21. The zero-order chi connectivity index (χ0) is 14.1. The van der Waals surface area contributed by atoms with E-state index in [1.807, 2.05) is 11.3 Å². The molecule has 2 aliphatic rings. The van der Waals surface area contributed by atoms with E-state index in [1.54, 1.807) is 4.88 Å². The second-order valence-corrected chi connectivity index (χ2v) is 9.99. The van der Waals surface area contributed by atoms with Crippen LogP contribution in [0.15, 0.2) is 0 Å². The maximum Gasteiger partial charge on any atom is 0.107 e. The highest BCUT2D eigenvalue weighted by Crippen LogP contribution is 2.47. The summed E-state index contributed by atoms with van der Waals surface area (Å²) in [6.45, 7) is 5.80. The van der Waals surface area contributed by atoms with Crippen LogP contribution in [0.2, 0.25) is 0 Å². The highest BCUT2D eigenvalue weighted by atomic mass is 32.2.